The topological polar surface area (TPSA) is 9.23 Å². The average Bonchev–Trinajstić information content (AvgIpc) is 2.38. The van der Waals surface area contributed by atoms with Crippen molar-refractivity contribution in [3.05, 3.63) is 42.0 Å². The van der Waals surface area contributed by atoms with E-state index < -0.39 is 0 Å². The Morgan fingerprint density at radius 3 is 2.53 bits per heavy atom. The molecule has 0 saturated carbocycles. The van der Waals surface area contributed by atoms with Crippen LogP contribution in [0.3, 0.4) is 0 Å². The Morgan fingerprint density at radius 1 is 1.18 bits per heavy atom. The van der Waals surface area contributed by atoms with Crippen molar-refractivity contribution in [2.45, 2.75) is 5.75 Å². The van der Waals surface area contributed by atoms with E-state index in [0.29, 0.717) is 0 Å². The van der Waals surface area contributed by atoms with Gasteiger partial charge >= 0.3 is 0 Å². The number of hydrogen-bond acceptors (Lipinski definition) is 3. The molecule has 0 fully saturated rings. The summed E-state index contributed by atoms with van der Waals surface area (Å²) >= 11 is 3.75. The molecule has 0 aliphatic rings. The molecule has 0 radical (unpaired) electrons. The van der Waals surface area contributed by atoms with Gasteiger partial charge in [0.05, 0.1) is 13.2 Å². The maximum atomic E-state index is 5.49. The van der Waals surface area contributed by atoms with Crippen molar-refractivity contribution in [1.29, 1.82) is 0 Å². The fourth-order valence-corrected chi connectivity index (χ4v) is 2.39. The predicted octanol–water partition coefficient (Wildman–Crippen LogP) is 3.94. The molecule has 1 aromatic rings. The number of thioether (sulfide) groups is 2. The van der Waals surface area contributed by atoms with Gasteiger partial charge in [-0.1, -0.05) is 36.9 Å². The lowest BCUT2D eigenvalue weighted by Gasteiger charge is -2.04. The standard InChI is InChI=1S/C14H20OS2/c1-3-13-4-6-14(7-5-13)12-17-11-9-15-8-10-16-2/h3-7H,1,8-12H2,2H3. The summed E-state index contributed by atoms with van der Waals surface area (Å²) in [7, 11) is 0. The van der Waals surface area contributed by atoms with Crippen molar-refractivity contribution in [1.82, 2.24) is 0 Å². The first kappa shape index (κ1) is 14.7. The second-order valence-corrected chi connectivity index (χ2v) is 5.69. The molecule has 0 aromatic heterocycles. The largest absolute Gasteiger partial charge is 0.380 e. The van der Waals surface area contributed by atoms with Crippen LogP contribution in [-0.4, -0.2) is 31.0 Å². The van der Waals surface area contributed by atoms with Crippen LogP contribution in [0.5, 0.6) is 0 Å². The molecule has 1 aromatic carbocycles. The van der Waals surface area contributed by atoms with E-state index in [4.69, 9.17) is 4.74 Å². The Kier molecular flexibility index (Phi) is 8.32. The van der Waals surface area contributed by atoms with Crippen LogP contribution in [0.15, 0.2) is 30.8 Å². The number of benzene rings is 1. The lowest BCUT2D eigenvalue weighted by molar-refractivity contribution is 0.167. The maximum Gasteiger partial charge on any atom is 0.0557 e. The molecule has 0 N–H and O–H groups in total. The molecule has 0 aliphatic heterocycles. The van der Waals surface area contributed by atoms with E-state index in [2.05, 4.69) is 37.1 Å². The van der Waals surface area contributed by atoms with Crippen LogP contribution in [0.4, 0.5) is 0 Å². The van der Waals surface area contributed by atoms with Gasteiger partial charge in [0.15, 0.2) is 0 Å². The molecule has 0 amide bonds. The Morgan fingerprint density at radius 2 is 1.88 bits per heavy atom. The minimum atomic E-state index is 0.857. The summed E-state index contributed by atoms with van der Waals surface area (Å²) in [6.45, 7) is 5.48. The monoisotopic (exact) mass is 268 g/mol. The quantitative estimate of drug-likeness (QED) is 0.628. The molecule has 0 heterocycles. The highest BCUT2D eigenvalue weighted by atomic mass is 32.2. The van der Waals surface area contributed by atoms with Crippen LogP contribution in [-0.2, 0) is 10.5 Å². The third-order valence-corrected chi connectivity index (χ3v) is 3.86. The smallest absolute Gasteiger partial charge is 0.0557 e. The molecule has 1 rings (SSSR count). The summed E-state index contributed by atoms with van der Waals surface area (Å²) in [6, 6.07) is 8.55. The van der Waals surface area contributed by atoms with Gasteiger partial charge in [-0.3, -0.25) is 0 Å². The highest BCUT2D eigenvalue weighted by Gasteiger charge is 1.94. The summed E-state index contributed by atoms with van der Waals surface area (Å²) in [5.41, 5.74) is 2.55. The van der Waals surface area contributed by atoms with Crippen molar-refractivity contribution in [2.24, 2.45) is 0 Å². The zero-order valence-electron chi connectivity index (χ0n) is 10.4. The Labute approximate surface area is 113 Å². The molecular formula is C14H20OS2. The number of rotatable bonds is 9. The summed E-state index contributed by atoms with van der Waals surface area (Å²) in [4.78, 5) is 0. The van der Waals surface area contributed by atoms with E-state index in [1.807, 2.05) is 29.6 Å². The summed E-state index contributed by atoms with van der Waals surface area (Å²) < 4.78 is 5.49. The van der Waals surface area contributed by atoms with Crippen molar-refractivity contribution in [3.63, 3.8) is 0 Å². The summed E-state index contributed by atoms with van der Waals surface area (Å²) in [6.07, 6.45) is 3.97. The van der Waals surface area contributed by atoms with Gasteiger partial charge in [-0.25, -0.2) is 0 Å². The van der Waals surface area contributed by atoms with Gasteiger partial charge in [0.1, 0.15) is 0 Å². The highest BCUT2D eigenvalue weighted by Crippen LogP contribution is 2.13. The van der Waals surface area contributed by atoms with Crippen molar-refractivity contribution < 1.29 is 4.74 Å². The molecule has 0 unspecified atom stereocenters. The lowest BCUT2D eigenvalue weighted by atomic mass is 10.1. The Bertz CT molecular complexity index is 309. The van der Waals surface area contributed by atoms with E-state index in [1.165, 1.54) is 11.1 Å². The third-order valence-electron chi connectivity index (χ3n) is 2.29. The zero-order valence-corrected chi connectivity index (χ0v) is 12.0. The van der Waals surface area contributed by atoms with Crippen LogP contribution in [0.25, 0.3) is 6.08 Å². The molecule has 0 spiro atoms. The van der Waals surface area contributed by atoms with Crippen LogP contribution >= 0.6 is 23.5 Å². The Hall–Kier alpha value is -0.380. The van der Waals surface area contributed by atoms with Gasteiger partial charge in [0, 0.05) is 17.3 Å². The number of hydrogen-bond donors (Lipinski definition) is 0. The van der Waals surface area contributed by atoms with Crippen LogP contribution in [0.1, 0.15) is 11.1 Å². The molecule has 0 aliphatic carbocycles. The van der Waals surface area contributed by atoms with Crippen molar-refractivity contribution in [2.75, 3.05) is 31.0 Å². The fraction of sp³-hybridized carbons (Fsp3) is 0.429. The summed E-state index contributed by atoms with van der Waals surface area (Å²) in [5.74, 6) is 3.22. The maximum absolute atomic E-state index is 5.49. The molecule has 94 valence electrons. The van der Waals surface area contributed by atoms with Gasteiger partial charge in [0.2, 0.25) is 0 Å². The van der Waals surface area contributed by atoms with E-state index in [0.717, 1.165) is 30.5 Å². The normalized spacial score (nSPS) is 10.4. The van der Waals surface area contributed by atoms with E-state index >= 15 is 0 Å². The predicted molar refractivity (Wildman–Crippen MR) is 81.9 cm³/mol. The molecule has 17 heavy (non-hydrogen) atoms. The average molecular weight is 268 g/mol. The molecular weight excluding hydrogens is 248 g/mol. The highest BCUT2D eigenvalue weighted by molar-refractivity contribution is 7.98. The second-order valence-electron chi connectivity index (χ2n) is 3.60. The van der Waals surface area contributed by atoms with Gasteiger partial charge in [0.25, 0.3) is 0 Å². The van der Waals surface area contributed by atoms with Gasteiger partial charge < -0.3 is 4.74 Å². The first-order valence-corrected chi connectivity index (χ1v) is 8.27. The van der Waals surface area contributed by atoms with Gasteiger partial charge in [-0.05, 0) is 17.4 Å². The minimum absolute atomic E-state index is 0.857. The molecule has 0 bridgehead atoms. The second kappa shape index (κ2) is 9.63. The van der Waals surface area contributed by atoms with Crippen LogP contribution in [0, 0.1) is 0 Å². The van der Waals surface area contributed by atoms with E-state index in [-0.39, 0.29) is 0 Å². The van der Waals surface area contributed by atoms with Crippen molar-refractivity contribution >= 4 is 29.6 Å². The van der Waals surface area contributed by atoms with Crippen LogP contribution in [0.2, 0.25) is 0 Å². The first-order chi connectivity index (χ1) is 8.36. The Balaban J connectivity index is 2.07. The molecule has 1 nitrogen and oxygen atoms in total. The van der Waals surface area contributed by atoms with Gasteiger partial charge in [-0.15, -0.1) is 0 Å². The van der Waals surface area contributed by atoms with Crippen molar-refractivity contribution in [3.8, 4) is 0 Å². The van der Waals surface area contributed by atoms with Crippen LogP contribution < -0.4 is 0 Å². The SMILES string of the molecule is C=Cc1ccc(CSCCOCCSC)cc1. The van der Waals surface area contributed by atoms with E-state index in [1.54, 1.807) is 0 Å². The minimum Gasteiger partial charge on any atom is -0.380 e. The van der Waals surface area contributed by atoms with Gasteiger partial charge in [-0.2, -0.15) is 23.5 Å². The molecule has 0 atom stereocenters. The first-order valence-electron chi connectivity index (χ1n) is 5.72. The lowest BCUT2D eigenvalue weighted by Crippen LogP contribution is -2.01. The zero-order chi connectivity index (χ0) is 12.3. The number of ether oxygens (including phenoxy) is 1. The fourth-order valence-electron chi connectivity index (χ4n) is 1.30. The molecule has 3 heteroatoms. The third kappa shape index (κ3) is 6.81. The van der Waals surface area contributed by atoms with E-state index in [9.17, 15) is 0 Å². The molecule has 0 saturated heterocycles. The summed E-state index contributed by atoms with van der Waals surface area (Å²) in [5, 5.41) is 0.